The molecular weight excluding hydrogens is 238 g/mol. The molecule has 0 saturated heterocycles. The van der Waals surface area contributed by atoms with Crippen molar-refractivity contribution in [1.82, 2.24) is 5.43 Å². The minimum Gasteiger partial charge on any atom is -0.374 e. The molecule has 0 saturated carbocycles. The summed E-state index contributed by atoms with van der Waals surface area (Å²) >= 11 is 0. The predicted octanol–water partition coefficient (Wildman–Crippen LogP) is 2.67. The lowest BCUT2D eigenvalue weighted by atomic mass is 9.88. The summed E-state index contributed by atoms with van der Waals surface area (Å²) in [5.41, 5.74) is 2.41. The van der Waals surface area contributed by atoms with E-state index in [0.29, 0.717) is 18.6 Å². The Morgan fingerprint density at radius 2 is 1.83 bits per heavy atom. The lowest BCUT2D eigenvalue weighted by Gasteiger charge is -2.36. The third-order valence-corrected chi connectivity index (χ3v) is 3.17. The van der Waals surface area contributed by atoms with Crippen LogP contribution in [0.3, 0.4) is 0 Å². The van der Waals surface area contributed by atoms with E-state index in [0.717, 1.165) is 6.07 Å². The summed E-state index contributed by atoms with van der Waals surface area (Å²) in [4.78, 5) is 0. The average molecular weight is 258 g/mol. The molecule has 1 rings (SSSR count). The maximum Gasteiger partial charge on any atom is 0.126 e. The number of hydrazine groups is 1. The second kappa shape index (κ2) is 6.22. The van der Waals surface area contributed by atoms with Gasteiger partial charge in [0, 0.05) is 12.7 Å². The molecule has 3 N–H and O–H groups in total. The molecule has 0 heterocycles. The van der Waals surface area contributed by atoms with Gasteiger partial charge in [-0.15, -0.1) is 0 Å². The molecule has 18 heavy (non-hydrogen) atoms. The Kier molecular flexibility index (Phi) is 5.19. The molecule has 102 valence electrons. The van der Waals surface area contributed by atoms with Crippen LogP contribution < -0.4 is 11.3 Å². The standard InChI is InChI=1S/C13H20F2N2O/c1-4-13(3,18-5-2)12(17-16)9-6-10(14)8-11(15)7-9/h6-8,12,17H,4-5,16H2,1-3H3. The molecule has 0 aliphatic carbocycles. The van der Waals surface area contributed by atoms with E-state index in [-0.39, 0.29) is 0 Å². The van der Waals surface area contributed by atoms with Gasteiger partial charge >= 0.3 is 0 Å². The summed E-state index contributed by atoms with van der Waals surface area (Å²) in [6.45, 7) is 6.17. The molecule has 0 fully saturated rings. The molecule has 5 heteroatoms. The van der Waals surface area contributed by atoms with Crippen molar-refractivity contribution in [3.63, 3.8) is 0 Å². The molecule has 1 aromatic carbocycles. The van der Waals surface area contributed by atoms with Crippen LogP contribution in [0.4, 0.5) is 8.78 Å². The van der Waals surface area contributed by atoms with Crippen LogP contribution in [0.5, 0.6) is 0 Å². The maximum atomic E-state index is 13.3. The third kappa shape index (κ3) is 3.25. The van der Waals surface area contributed by atoms with Gasteiger partial charge in [-0.1, -0.05) is 6.92 Å². The van der Waals surface area contributed by atoms with Crippen LogP contribution >= 0.6 is 0 Å². The van der Waals surface area contributed by atoms with Crippen LogP contribution in [0.2, 0.25) is 0 Å². The summed E-state index contributed by atoms with van der Waals surface area (Å²) in [6, 6.07) is 2.88. The Hall–Kier alpha value is -1.04. The second-order valence-electron chi connectivity index (χ2n) is 4.40. The molecule has 1 aromatic rings. The van der Waals surface area contributed by atoms with Gasteiger partial charge in [-0.3, -0.25) is 11.3 Å². The van der Waals surface area contributed by atoms with Crippen molar-refractivity contribution in [2.75, 3.05) is 6.61 Å². The van der Waals surface area contributed by atoms with Gasteiger partial charge in [-0.2, -0.15) is 0 Å². The first-order chi connectivity index (χ1) is 8.46. The van der Waals surface area contributed by atoms with Crippen molar-refractivity contribution in [2.45, 2.75) is 38.8 Å². The molecular formula is C13H20F2N2O. The predicted molar refractivity (Wildman–Crippen MR) is 66.7 cm³/mol. The summed E-state index contributed by atoms with van der Waals surface area (Å²) < 4.78 is 32.2. The quantitative estimate of drug-likeness (QED) is 0.609. The minimum absolute atomic E-state index is 0.438. The summed E-state index contributed by atoms with van der Waals surface area (Å²) in [7, 11) is 0. The molecule has 0 aliphatic rings. The number of rotatable bonds is 6. The molecule has 0 amide bonds. The smallest absolute Gasteiger partial charge is 0.126 e. The molecule has 2 atom stereocenters. The summed E-state index contributed by atoms with van der Waals surface area (Å²) in [5, 5.41) is 0. The first kappa shape index (κ1) is 15.0. The van der Waals surface area contributed by atoms with Crippen molar-refractivity contribution in [3.05, 3.63) is 35.4 Å². The van der Waals surface area contributed by atoms with Crippen LogP contribution in [0.1, 0.15) is 38.8 Å². The van der Waals surface area contributed by atoms with Gasteiger partial charge in [-0.05, 0) is 38.0 Å². The van der Waals surface area contributed by atoms with E-state index in [4.69, 9.17) is 10.6 Å². The molecule has 0 spiro atoms. The molecule has 3 nitrogen and oxygen atoms in total. The van der Waals surface area contributed by atoms with Crippen LogP contribution in [-0.4, -0.2) is 12.2 Å². The van der Waals surface area contributed by atoms with Crippen molar-refractivity contribution in [2.24, 2.45) is 5.84 Å². The highest BCUT2D eigenvalue weighted by Gasteiger charge is 2.34. The van der Waals surface area contributed by atoms with Crippen molar-refractivity contribution in [3.8, 4) is 0 Å². The Bertz CT molecular complexity index is 380. The Balaban J connectivity index is 3.14. The number of halogens is 2. The topological polar surface area (TPSA) is 47.3 Å². The van der Waals surface area contributed by atoms with Gasteiger partial charge in [0.1, 0.15) is 11.6 Å². The first-order valence-electron chi connectivity index (χ1n) is 6.03. The lowest BCUT2D eigenvalue weighted by molar-refractivity contribution is -0.0565. The van der Waals surface area contributed by atoms with Crippen LogP contribution in [0.25, 0.3) is 0 Å². The van der Waals surface area contributed by atoms with Gasteiger partial charge in [0.25, 0.3) is 0 Å². The first-order valence-corrected chi connectivity index (χ1v) is 6.03. The molecule has 0 aliphatic heterocycles. The molecule has 0 radical (unpaired) electrons. The number of hydrogen-bond donors (Lipinski definition) is 2. The van der Waals surface area contributed by atoms with Crippen LogP contribution in [0, 0.1) is 11.6 Å². The monoisotopic (exact) mass is 258 g/mol. The van der Waals surface area contributed by atoms with E-state index in [2.05, 4.69) is 5.43 Å². The Morgan fingerprint density at radius 3 is 2.22 bits per heavy atom. The van der Waals surface area contributed by atoms with Gasteiger partial charge in [0.05, 0.1) is 11.6 Å². The number of ether oxygens (including phenoxy) is 1. The zero-order chi connectivity index (χ0) is 13.8. The fourth-order valence-corrected chi connectivity index (χ4v) is 2.09. The fraction of sp³-hybridized carbons (Fsp3) is 0.538. The third-order valence-electron chi connectivity index (χ3n) is 3.17. The van der Waals surface area contributed by atoms with Gasteiger partial charge in [0.2, 0.25) is 0 Å². The maximum absolute atomic E-state index is 13.3. The number of nitrogens with one attached hydrogen (secondary N) is 1. The van der Waals surface area contributed by atoms with Crippen molar-refractivity contribution >= 4 is 0 Å². The highest BCUT2D eigenvalue weighted by Crippen LogP contribution is 2.32. The number of hydrogen-bond acceptors (Lipinski definition) is 3. The van der Waals surface area contributed by atoms with Crippen molar-refractivity contribution in [1.29, 1.82) is 0 Å². The normalized spacial score (nSPS) is 16.3. The molecule has 0 bridgehead atoms. The van der Waals surface area contributed by atoms with Crippen LogP contribution in [-0.2, 0) is 4.74 Å². The second-order valence-corrected chi connectivity index (χ2v) is 4.40. The van der Waals surface area contributed by atoms with Crippen LogP contribution in [0.15, 0.2) is 18.2 Å². The summed E-state index contributed by atoms with van der Waals surface area (Å²) in [6.07, 6.45) is 0.661. The highest BCUT2D eigenvalue weighted by atomic mass is 19.1. The summed E-state index contributed by atoms with van der Waals surface area (Å²) in [5.74, 6) is 4.27. The van der Waals surface area contributed by atoms with Gasteiger partial charge < -0.3 is 4.74 Å². The average Bonchev–Trinajstić information content (AvgIpc) is 2.29. The lowest BCUT2D eigenvalue weighted by Crippen LogP contribution is -2.46. The van der Waals surface area contributed by atoms with Crippen molar-refractivity contribution < 1.29 is 13.5 Å². The van der Waals surface area contributed by atoms with E-state index >= 15 is 0 Å². The number of benzene rings is 1. The molecule has 2 unspecified atom stereocenters. The highest BCUT2D eigenvalue weighted by molar-refractivity contribution is 5.24. The Morgan fingerprint density at radius 1 is 1.28 bits per heavy atom. The molecule has 0 aromatic heterocycles. The Labute approximate surface area is 106 Å². The van der Waals surface area contributed by atoms with E-state index in [1.54, 1.807) is 0 Å². The largest absolute Gasteiger partial charge is 0.374 e. The van der Waals surface area contributed by atoms with E-state index < -0.39 is 23.3 Å². The number of nitrogens with two attached hydrogens (primary N) is 1. The zero-order valence-electron chi connectivity index (χ0n) is 11.0. The van der Waals surface area contributed by atoms with E-state index in [9.17, 15) is 8.78 Å². The van der Waals surface area contributed by atoms with E-state index in [1.807, 2.05) is 20.8 Å². The van der Waals surface area contributed by atoms with Gasteiger partial charge in [-0.25, -0.2) is 8.78 Å². The minimum atomic E-state index is -0.625. The fourth-order valence-electron chi connectivity index (χ4n) is 2.09. The SMILES string of the molecule is CCOC(C)(CC)C(NN)c1cc(F)cc(F)c1. The van der Waals surface area contributed by atoms with E-state index in [1.165, 1.54) is 12.1 Å². The van der Waals surface area contributed by atoms with Gasteiger partial charge in [0.15, 0.2) is 0 Å². The zero-order valence-corrected chi connectivity index (χ0v) is 11.0.